The summed E-state index contributed by atoms with van der Waals surface area (Å²) >= 11 is 0. The lowest BCUT2D eigenvalue weighted by Crippen LogP contribution is -2.39. The van der Waals surface area contributed by atoms with Crippen molar-refractivity contribution in [1.29, 1.82) is 0 Å². The van der Waals surface area contributed by atoms with E-state index in [0.717, 1.165) is 49.3 Å². The Morgan fingerprint density at radius 2 is 1.64 bits per heavy atom. The van der Waals surface area contributed by atoms with Gasteiger partial charge >= 0.3 is 0 Å². The third-order valence-electron chi connectivity index (χ3n) is 7.33. The number of aromatic nitrogens is 1. The summed E-state index contributed by atoms with van der Waals surface area (Å²) in [7, 11) is 0. The Hall–Kier alpha value is -4.18. The average molecular weight is 515 g/mol. The molecule has 1 aliphatic rings. The molecule has 0 bridgehead atoms. The van der Waals surface area contributed by atoms with Gasteiger partial charge in [-0.25, -0.2) is 4.98 Å². The van der Waals surface area contributed by atoms with Crippen LogP contribution < -0.4 is 5.32 Å². The quantitative estimate of drug-likeness (QED) is 0.224. The molecule has 2 heterocycles. The van der Waals surface area contributed by atoms with Gasteiger partial charge in [0.15, 0.2) is 0 Å². The minimum atomic E-state index is 0.173. The summed E-state index contributed by atoms with van der Waals surface area (Å²) in [5.41, 5.74) is 10.3. The SMILES string of the molecule is C=C(NC(Cc1ccc(C)cc1)CN1CCC=N1)c1cc(CC)c2cc(/C=C/c3ccc(C)cc3)ccc2n1. The summed E-state index contributed by atoms with van der Waals surface area (Å²) in [6.45, 7) is 12.7. The minimum Gasteiger partial charge on any atom is -0.379 e. The number of fused-ring (bicyclic) bond motifs is 1. The molecule has 1 aliphatic heterocycles. The maximum atomic E-state index is 5.03. The van der Waals surface area contributed by atoms with Gasteiger partial charge in [-0.1, -0.05) is 91.4 Å². The predicted molar refractivity (Wildman–Crippen MR) is 167 cm³/mol. The number of hydrogen-bond donors (Lipinski definition) is 1. The maximum Gasteiger partial charge on any atom is 0.0865 e. The first-order valence-corrected chi connectivity index (χ1v) is 13.9. The van der Waals surface area contributed by atoms with Crippen LogP contribution in [0.1, 0.15) is 52.4 Å². The number of nitrogens with zero attached hydrogens (tertiary/aromatic N) is 3. The van der Waals surface area contributed by atoms with Gasteiger partial charge in [0.2, 0.25) is 0 Å². The van der Waals surface area contributed by atoms with E-state index >= 15 is 0 Å². The van der Waals surface area contributed by atoms with Gasteiger partial charge < -0.3 is 5.32 Å². The molecule has 0 saturated heterocycles. The van der Waals surface area contributed by atoms with E-state index in [-0.39, 0.29) is 6.04 Å². The summed E-state index contributed by atoms with van der Waals surface area (Å²) < 4.78 is 0. The van der Waals surface area contributed by atoms with E-state index in [1.807, 2.05) is 6.21 Å². The van der Waals surface area contributed by atoms with Gasteiger partial charge in [0, 0.05) is 30.6 Å². The fourth-order valence-electron chi connectivity index (χ4n) is 5.05. The molecule has 1 atom stereocenters. The Labute approximate surface area is 232 Å². The highest BCUT2D eigenvalue weighted by atomic mass is 15.5. The molecule has 3 aromatic carbocycles. The van der Waals surface area contributed by atoms with E-state index < -0.39 is 0 Å². The van der Waals surface area contributed by atoms with Crippen LogP contribution in [0.15, 0.2) is 84.5 Å². The zero-order valence-electron chi connectivity index (χ0n) is 23.3. The van der Waals surface area contributed by atoms with E-state index in [1.54, 1.807) is 0 Å². The molecule has 0 spiro atoms. The number of rotatable bonds is 10. The molecule has 4 heteroatoms. The van der Waals surface area contributed by atoms with Crippen molar-refractivity contribution >= 4 is 35.0 Å². The van der Waals surface area contributed by atoms with Crippen LogP contribution in [0.3, 0.4) is 0 Å². The van der Waals surface area contributed by atoms with Crippen molar-refractivity contribution in [1.82, 2.24) is 15.3 Å². The van der Waals surface area contributed by atoms with E-state index in [1.165, 1.54) is 38.8 Å². The lowest BCUT2D eigenvalue weighted by atomic mass is 10.0. The number of hydrogen-bond acceptors (Lipinski definition) is 4. The molecule has 4 aromatic rings. The van der Waals surface area contributed by atoms with Gasteiger partial charge in [-0.2, -0.15) is 5.10 Å². The fraction of sp³-hybridized carbons (Fsp3) is 0.257. The number of nitrogens with one attached hydrogen (secondary N) is 1. The number of benzene rings is 3. The topological polar surface area (TPSA) is 40.5 Å². The van der Waals surface area contributed by atoms with Crippen molar-refractivity contribution in [3.63, 3.8) is 0 Å². The Bertz CT molecular complexity index is 1500. The highest BCUT2D eigenvalue weighted by Gasteiger charge is 2.18. The fourth-order valence-corrected chi connectivity index (χ4v) is 5.05. The number of hydrazone groups is 1. The molecule has 5 rings (SSSR count). The summed E-state index contributed by atoms with van der Waals surface area (Å²) in [5.74, 6) is 0. The molecule has 4 nitrogen and oxygen atoms in total. The van der Waals surface area contributed by atoms with Gasteiger partial charge in [-0.05, 0) is 67.1 Å². The van der Waals surface area contributed by atoms with Crippen LogP contribution in [0.5, 0.6) is 0 Å². The molecule has 0 radical (unpaired) electrons. The van der Waals surface area contributed by atoms with Gasteiger partial charge in [-0.3, -0.25) is 5.01 Å². The van der Waals surface area contributed by atoms with Crippen LogP contribution in [-0.2, 0) is 12.8 Å². The van der Waals surface area contributed by atoms with Crippen LogP contribution in [0.2, 0.25) is 0 Å². The number of aryl methyl sites for hydroxylation is 3. The van der Waals surface area contributed by atoms with Crippen LogP contribution in [0.4, 0.5) is 0 Å². The summed E-state index contributed by atoms with van der Waals surface area (Å²) in [4.78, 5) is 5.03. The van der Waals surface area contributed by atoms with Crippen molar-refractivity contribution in [3.8, 4) is 0 Å². The normalized spacial score (nSPS) is 13.9. The number of pyridine rings is 1. The van der Waals surface area contributed by atoms with Crippen molar-refractivity contribution in [2.75, 3.05) is 13.1 Å². The molecular weight excluding hydrogens is 476 g/mol. The first-order valence-electron chi connectivity index (χ1n) is 13.9. The van der Waals surface area contributed by atoms with Gasteiger partial charge in [-0.15, -0.1) is 0 Å². The summed E-state index contributed by atoms with van der Waals surface area (Å²) in [6, 6.07) is 26.3. The summed E-state index contributed by atoms with van der Waals surface area (Å²) in [5, 5.41) is 11.6. The third kappa shape index (κ3) is 6.83. The van der Waals surface area contributed by atoms with E-state index in [4.69, 9.17) is 4.98 Å². The zero-order valence-corrected chi connectivity index (χ0v) is 23.3. The van der Waals surface area contributed by atoms with Crippen molar-refractivity contribution in [2.24, 2.45) is 5.10 Å². The molecule has 0 amide bonds. The minimum absolute atomic E-state index is 0.173. The average Bonchev–Trinajstić information content (AvgIpc) is 3.46. The molecule has 1 aromatic heterocycles. The largest absolute Gasteiger partial charge is 0.379 e. The predicted octanol–water partition coefficient (Wildman–Crippen LogP) is 7.45. The van der Waals surface area contributed by atoms with Crippen LogP contribution in [0.25, 0.3) is 28.8 Å². The van der Waals surface area contributed by atoms with Crippen LogP contribution in [-0.4, -0.2) is 35.3 Å². The monoisotopic (exact) mass is 514 g/mol. The molecule has 0 fully saturated rings. The highest BCUT2D eigenvalue weighted by molar-refractivity contribution is 5.87. The Morgan fingerprint density at radius 1 is 0.949 bits per heavy atom. The van der Waals surface area contributed by atoms with Gasteiger partial charge in [0.05, 0.1) is 23.5 Å². The second-order valence-corrected chi connectivity index (χ2v) is 10.5. The summed E-state index contributed by atoms with van der Waals surface area (Å²) in [6.07, 6.45) is 9.18. The van der Waals surface area contributed by atoms with Crippen LogP contribution in [0, 0.1) is 13.8 Å². The van der Waals surface area contributed by atoms with Crippen molar-refractivity contribution in [3.05, 3.63) is 118 Å². The lowest BCUT2D eigenvalue weighted by molar-refractivity contribution is 0.284. The Morgan fingerprint density at radius 3 is 2.33 bits per heavy atom. The Kier molecular flexibility index (Phi) is 8.21. The van der Waals surface area contributed by atoms with E-state index in [9.17, 15) is 0 Å². The second kappa shape index (κ2) is 12.1. The third-order valence-corrected chi connectivity index (χ3v) is 7.33. The molecule has 1 unspecified atom stereocenters. The highest BCUT2D eigenvalue weighted by Crippen LogP contribution is 2.24. The molecule has 0 saturated carbocycles. The first-order chi connectivity index (χ1) is 19.0. The standard InChI is InChI=1S/C35H38N4/c1-5-31-23-35(38-34-18-17-30(22-33(31)34)16-15-28-11-7-25(2)8-12-28)27(4)37-32(24-39-20-6-19-36-39)21-29-13-9-26(3)10-14-29/h7-19,22-23,32,37H,4-6,20-21,24H2,1-3H3/b16-15+. The molecule has 1 N–H and O–H groups in total. The Balaban J connectivity index is 1.36. The van der Waals surface area contributed by atoms with Crippen molar-refractivity contribution in [2.45, 2.75) is 46.1 Å². The van der Waals surface area contributed by atoms with E-state index in [2.05, 4.69) is 128 Å². The van der Waals surface area contributed by atoms with Crippen molar-refractivity contribution < 1.29 is 0 Å². The molecule has 198 valence electrons. The molecular formula is C35H38N4. The van der Waals surface area contributed by atoms with Gasteiger partial charge in [0.25, 0.3) is 0 Å². The maximum absolute atomic E-state index is 5.03. The first kappa shape index (κ1) is 26.4. The molecule has 0 aliphatic carbocycles. The smallest absolute Gasteiger partial charge is 0.0865 e. The van der Waals surface area contributed by atoms with E-state index in [0.29, 0.717) is 0 Å². The second-order valence-electron chi connectivity index (χ2n) is 10.5. The molecule has 39 heavy (non-hydrogen) atoms. The zero-order chi connectivity index (χ0) is 27.2. The lowest BCUT2D eigenvalue weighted by Gasteiger charge is -2.26. The van der Waals surface area contributed by atoms with Crippen LogP contribution >= 0.6 is 0 Å². The van der Waals surface area contributed by atoms with Gasteiger partial charge in [0.1, 0.15) is 0 Å².